The number of nitrogens with one attached hydrogen (secondary N) is 1. The molecule has 0 spiro atoms. The Morgan fingerprint density at radius 2 is 1.77 bits per heavy atom. The molecule has 0 aliphatic carbocycles. The number of hydrogen-bond donors (Lipinski definition) is 1. The first kappa shape index (κ1) is 22.4. The van der Waals surface area contributed by atoms with Crippen molar-refractivity contribution in [3.63, 3.8) is 0 Å². The third kappa shape index (κ3) is 7.23. The summed E-state index contributed by atoms with van der Waals surface area (Å²) in [4.78, 5) is 34.4. The molecule has 0 fully saturated rings. The predicted octanol–water partition coefficient (Wildman–Crippen LogP) is 2.79. The van der Waals surface area contributed by atoms with Crippen LogP contribution in [0.5, 0.6) is 17.2 Å². The van der Waals surface area contributed by atoms with Gasteiger partial charge in [-0.25, -0.2) is 5.43 Å². The maximum atomic E-state index is 12.0. The number of nitrogens with zero attached hydrogens (tertiary/aromatic N) is 1. The van der Waals surface area contributed by atoms with Crippen LogP contribution in [-0.2, 0) is 20.8 Å². The van der Waals surface area contributed by atoms with Gasteiger partial charge in [0.1, 0.15) is 17.2 Å². The van der Waals surface area contributed by atoms with Crippen molar-refractivity contribution in [2.24, 2.45) is 5.10 Å². The van der Waals surface area contributed by atoms with Gasteiger partial charge in [-0.15, -0.1) is 6.58 Å². The maximum absolute atomic E-state index is 12.0. The van der Waals surface area contributed by atoms with Crippen LogP contribution in [-0.4, -0.2) is 30.7 Å². The summed E-state index contributed by atoms with van der Waals surface area (Å²) in [7, 11) is 0. The summed E-state index contributed by atoms with van der Waals surface area (Å²) in [5.41, 5.74) is 3.66. The van der Waals surface area contributed by atoms with E-state index in [-0.39, 0.29) is 18.1 Å². The highest BCUT2D eigenvalue weighted by Gasteiger charge is 2.09. The van der Waals surface area contributed by atoms with Gasteiger partial charge in [-0.1, -0.05) is 24.3 Å². The van der Waals surface area contributed by atoms with Gasteiger partial charge in [0.15, 0.2) is 6.61 Å². The monoisotopic (exact) mass is 410 g/mol. The van der Waals surface area contributed by atoms with Crippen LogP contribution < -0.4 is 19.6 Å². The Labute approximate surface area is 174 Å². The lowest BCUT2D eigenvalue weighted by Gasteiger charge is -2.09. The molecule has 0 saturated carbocycles. The van der Waals surface area contributed by atoms with Gasteiger partial charge in [-0.3, -0.25) is 14.4 Å². The number of ether oxygens (including phenoxy) is 3. The van der Waals surface area contributed by atoms with E-state index in [2.05, 4.69) is 17.1 Å². The van der Waals surface area contributed by atoms with Gasteiger partial charge in [0.05, 0.1) is 6.21 Å². The van der Waals surface area contributed by atoms with Crippen LogP contribution in [0.15, 0.2) is 60.2 Å². The highest BCUT2D eigenvalue weighted by molar-refractivity contribution is 5.87. The lowest BCUT2D eigenvalue weighted by atomic mass is 10.1. The van der Waals surface area contributed by atoms with E-state index in [1.165, 1.54) is 38.3 Å². The summed E-state index contributed by atoms with van der Waals surface area (Å²) in [6.07, 6.45) is 3.68. The molecule has 8 heteroatoms. The molecule has 0 unspecified atom stereocenters. The molecule has 0 aromatic heterocycles. The molecule has 2 aromatic rings. The van der Waals surface area contributed by atoms with E-state index in [1.54, 1.807) is 12.1 Å². The average molecular weight is 410 g/mol. The first-order valence-corrected chi connectivity index (χ1v) is 9.03. The fraction of sp³-hybridized carbons (Fsp3) is 0.182. The topological polar surface area (TPSA) is 103 Å². The number of carbonyl (C=O) groups is 3. The molecular weight excluding hydrogens is 388 g/mol. The molecule has 0 saturated heterocycles. The van der Waals surface area contributed by atoms with Crippen molar-refractivity contribution in [2.45, 2.75) is 20.3 Å². The van der Waals surface area contributed by atoms with Gasteiger partial charge in [0, 0.05) is 25.5 Å². The molecule has 2 rings (SSSR count). The summed E-state index contributed by atoms with van der Waals surface area (Å²) in [6, 6.07) is 11.8. The minimum absolute atomic E-state index is 0.133. The normalized spacial score (nSPS) is 10.3. The van der Waals surface area contributed by atoms with E-state index in [0.29, 0.717) is 17.7 Å². The smallest absolute Gasteiger partial charge is 0.308 e. The van der Waals surface area contributed by atoms with Crippen molar-refractivity contribution < 1.29 is 28.6 Å². The summed E-state index contributed by atoms with van der Waals surface area (Å²) in [5, 5.41) is 3.85. The van der Waals surface area contributed by atoms with Crippen molar-refractivity contribution in [3.8, 4) is 17.2 Å². The van der Waals surface area contributed by atoms with E-state index >= 15 is 0 Å². The number of hydrazone groups is 1. The zero-order chi connectivity index (χ0) is 21.9. The molecule has 0 atom stereocenters. The molecular formula is C22H22N2O6. The fourth-order valence-electron chi connectivity index (χ4n) is 2.41. The largest absolute Gasteiger partial charge is 0.483 e. The standard InChI is InChI=1S/C22H22N2O6/c1-4-7-17-8-5-6-9-20(17)28-14-22(27)24-23-13-18-10-11-19(29-15(2)25)12-21(18)30-16(3)26/h4-6,8-13H,1,7,14H2,2-3H3,(H,24,27)/b23-13-. The van der Waals surface area contributed by atoms with Gasteiger partial charge in [0.2, 0.25) is 0 Å². The molecule has 1 N–H and O–H groups in total. The minimum Gasteiger partial charge on any atom is -0.483 e. The van der Waals surface area contributed by atoms with Gasteiger partial charge < -0.3 is 14.2 Å². The molecule has 156 valence electrons. The van der Waals surface area contributed by atoms with E-state index < -0.39 is 17.8 Å². The molecule has 30 heavy (non-hydrogen) atoms. The van der Waals surface area contributed by atoms with Crippen LogP contribution in [0.25, 0.3) is 0 Å². The number of benzene rings is 2. The van der Waals surface area contributed by atoms with Crippen molar-refractivity contribution in [1.29, 1.82) is 0 Å². The van der Waals surface area contributed by atoms with Crippen LogP contribution in [0.1, 0.15) is 25.0 Å². The number of hydrogen-bond acceptors (Lipinski definition) is 7. The molecule has 0 bridgehead atoms. The Morgan fingerprint density at radius 1 is 1.03 bits per heavy atom. The average Bonchev–Trinajstić information content (AvgIpc) is 2.68. The summed E-state index contributed by atoms with van der Waals surface area (Å²) in [5.74, 6) is -0.590. The quantitative estimate of drug-likeness (QED) is 0.224. The Morgan fingerprint density at radius 3 is 2.47 bits per heavy atom. The van der Waals surface area contributed by atoms with Gasteiger partial charge in [-0.05, 0) is 30.2 Å². The first-order chi connectivity index (χ1) is 14.4. The minimum atomic E-state index is -0.555. The van der Waals surface area contributed by atoms with Gasteiger partial charge >= 0.3 is 11.9 Å². The number of allylic oxidation sites excluding steroid dienone is 1. The van der Waals surface area contributed by atoms with E-state index in [4.69, 9.17) is 14.2 Å². The molecule has 0 radical (unpaired) electrons. The SMILES string of the molecule is C=CCc1ccccc1OCC(=O)N/N=C\c1ccc(OC(C)=O)cc1OC(C)=O. The molecule has 2 aromatic carbocycles. The van der Waals surface area contributed by atoms with Gasteiger partial charge in [-0.2, -0.15) is 5.10 Å². The summed E-state index contributed by atoms with van der Waals surface area (Å²) in [6.45, 7) is 5.96. The second-order valence-corrected chi connectivity index (χ2v) is 6.07. The molecule has 0 heterocycles. The molecule has 0 aliphatic rings. The zero-order valence-electron chi connectivity index (χ0n) is 16.7. The predicted molar refractivity (Wildman–Crippen MR) is 111 cm³/mol. The highest BCUT2D eigenvalue weighted by Crippen LogP contribution is 2.24. The van der Waals surface area contributed by atoms with Crippen molar-refractivity contribution >= 4 is 24.1 Å². The van der Waals surface area contributed by atoms with Crippen LogP contribution >= 0.6 is 0 Å². The Balaban J connectivity index is 2.00. The number of carbonyl (C=O) groups excluding carboxylic acids is 3. The lowest BCUT2D eigenvalue weighted by Crippen LogP contribution is -2.24. The Bertz CT molecular complexity index is 968. The van der Waals surface area contributed by atoms with Crippen LogP contribution in [0.3, 0.4) is 0 Å². The number of amides is 1. The molecule has 0 aliphatic heterocycles. The van der Waals surface area contributed by atoms with Crippen molar-refractivity contribution in [3.05, 3.63) is 66.2 Å². The van der Waals surface area contributed by atoms with Crippen LogP contribution in [0.4, 0.5) is 0 Å². The Kier molecular flexibility index (Phi) is 8.31. The van der Waals surface area contributed by atoms with Crippen LogP contribution in [0.2, 0.25) is 0 Å². The maximum Gasteiger partial charge on any atom is 0.308 e. The Hall–Kier alpha value is -3.94. The number of para-hydroxylation sites is 1. The second-order valence-electron chi connectivity index (χ2n) is 6.07. The molecule has 8 nitrogen and oxygen atoms in total. The summed E-state index contributed by atoms with van der Waals surface area (Å²) < 4.78 is 15.6. The number of rotatable bonds is 9. The van der Waals surface area contributed by atoms with Crippen molar-refractivity contribution in [2.75, 3.05) is 6.61 Å². The van der Waals surface area contributed by atoms with E-state index in [0.717, 1.165) is 5.56 Å². The zero-order valence-corrected chi connectivity index (χ0v) is 16.7. The van der Waals surface area contributed by atoms with Crippen molar-refractivity contribution in [1.82, 2.24) is 5.43 Å². The van der Waals surface area contributed by atoms with Crippen LogP contribution in [0, 0.1) is 0 Å². The van der Waals surface area contributed by atoms with Gasteiger partial charge in [0.25, 0.3) is 5.91 Å². The third-order valence-electron chi connectivity index (χ3n) is 3.59. The summed E-state index contributed by atoms with van der Waals surface area (Å²) >= 11 is 0. The highest BCUT2D eigenvalue weighted by atomic mass is 16.5. The molecule has 1 amide bonds. The first-order valence-electron chi connectivity index (χ1n) is 9.03. The second kappa shape index (κ2) is 11.2. The van der Waals surface area contributed by atoms with E-state index in [1.807, 2.05) is 18.2 Å². The van der Waals surface area contributed by atoms with E-state index in [9.17, 15) is 14.4 Å². The lowest BCUT2D eigenvalue weighted by molar-refractivity contribution is -0.132. The third-order valence-corrected chi connectivity index (χ3v) is 3.59. The fourth-order valence-corrected chi connectivity index (χ4v) is 2.41. The number of esters is 2.